The number of nitrogens with one attached hydrogen (secondary N) is 1. The lowest BCUT2D eigenvalue weighted by Crippen LogP contribution is -2.24. The average molecular weight is 354 g/mol. The Balaban J connectivity index is 3.06. The number of amides is 1. The van der Waals surface area contributed by atoms with Gasteiger partial charge in [0.1, 0.15) is 0 Å². The zero-order chi connectivity index (χ0) is 18.4. The lowest BCUT2D eigenvalue weighted by atomic mass is 10.1. The number of rotatable bonds is 19. The molecule has 0 heterocycles. The van der Waals surface area contributed by atoms with Crippen LogP contribution in [0.2, 0.25) is 0 Å². The van der Waals surface area contributed by atoms with Gasteiger partial charge in [0.15, 0.2) is 0 Å². The molecule has 148 valence electrons. The highest BCUT2D eigenvalue weighted by atomic mass is 16.5. The lowest BCUT2D eigenvalue weighted by molar-refractivity contribution is -0.119. The van der Waals surface area contributed by atoms with Crippen molar-refractivity contribution < 1.29 is 9.53 Å². The first kappa shape index (κ1) is 24.2. The minimum absolute atomic E-state index is 0.0147. The normalized spacial score (nSPS) is 11.3. The first-order valence-electron chi connectivity index (χ1n) is 10.7. The van der Waals surface area contributed by atoms with Crippen LogP contribution >= 0.6 is 0 Å². The van der Waals surface area contributed by atoms with E-state index < -0.39 is 0 Å². The first-order chi connectivity index (χ1) is 12.3. The Morgan fingerprint density at radius 1 is 0.760 bits per heavy atom. The van der Waals surface area contributed by atoms with E-state index in [0.29, 0.717) is 13.2 Å². The molecule has 0 aromatic heterocycles. The summed E-state index contributed by atoms with van der Waals surface area (Å²) >= 11 is 0. The van der Waals surface area contributed by atoms with Gasteiger partial charge in [-0.3, -0.25) is 4.79 Å². The fourth-order valence-electron chi connectivity index (χ4n) is 2.85. The standard InChI is InChI=1S/C22H43NO2/c1-3-4-5-6-7-8-9-10-11-12-13-14-15-16-17-18-20-25-21-19-23-22(2)24/h10-11H,3-9,12-21H2,1-2H3,(H,23,24)/b11-10-. The first-order valence-corrected chi connectivity index (χ1v) is 10.7. The van der Waals surface area contributed by atoms with Gasteiger partial charge in [-0.25, -0.2) is 0 Å². The van der Waals surface area contributed by atoms with E-state index >= 15 is 0 Å². The molecule has 3 nitrogen and oxygen atoms in total. The molecule has 0 rings (SSSR count). The van der Waals surface area contributed by atoms with Crippen LogP contribution in [0.15, 0.2) is 12.2 Å². The maximum atomic E-state index is 10.7. The van der Waals surface area contributed by atoms with Crippen LogP contribution in [0.4, 0.5) is 0 Å². The van der Waals surface area contributed by atoms with Crippen LogP contribution in [-0.4, -0.2) is 25.7 Å². The largest absolute Gasteiger partial charge is 0.380 e. The van der Waals surface area contributed by atoms with Crippen molar-refractivity contribution in [2.24, 2.45) is 0 Å². The van der Waals surface area contributed by atoms with Gasteiger partial charge in [-0.05, 0) is 32.1 Å². The van der Waals surface area contributed by atoms with E-state index in [9.17, 15) is 4.79 Å². The summed E-state index contributed by atoms with van der Waals surface area (Å²) in [5, 5.41) is 2.73. The van der Waals surface area contributed by atoms with E-state index in [1.165, 1.54) is 90.4 Å². The van der Waals surface area contributed by atoms with Gasteiger partial charge in [-0.15, -0.1) is 0 Å². The van der Waals surface area contributed by atoms with Gasteiger partial charge in [0.2, 0.25) is 5.91 Å². The van der Waals surface area contributed by atoms with Gasteiger partial charge in [0.25, 0.3) is 0 Å². The number of ether oxygens (including phenoxy) is 1. The van der Waals surface area contributed by atoms with Crippen molar-refractivity contribution in [3.63, 3.8) is 0 Å². The molecule has 0 atom stereocenters. The van der Waals surface area contributed by atoms with Crippen molar-refractivity contribution in [2.45, 2.75) is 104 Å². The van der Waals surface area contributed by atoms with Gasteiger partial charge in [-0.1, -0.05) is 76.9 Å². The average Bonchev–Trinajstić information content (AvgIpc) is 2.60. The molecular weight excluding hydrogens is 310 g/mol. The van der Waals surface area contributed by atoms with Gasteiger partial charge < -0.3 is 10.1 Å². The summed E-state index contributed by atoms with van der Waals surface area (Å²) < 4.78 is 5.48. The molecule has 1 amide bonds. The van der Waals surface area contributed by atoms with Gasteiger partial charge in [0, 0.05) is 20.1 Å². The van der Waals surface area contributed by atoms with Crippen LogP contribution in [0, 0.1) is 0 Å². The van der Waals surface area contributed by atoms with Crippen LogP contribution in [0.25, 0.3) is 0 Å². The summed E-state index contributed by atoms with van der Waals surface area (Å²) in [4.78, 5) is 10.7. The number of allylic oxidation sites excluding steroid dienone is 2. The van der Waals surface area contributed by atoms with Gasteiger partial charge >= 0.3 is 0 Å². The number of carbonyl (C=O) groups excluding carboxylic acids is 1. The van der Waals surface area contributed by atoms with Crippen LogP contribution in [0.1, 0.15) is 104 Å². The van der Waals surface area contributed by atoms with Gasteiger partial charge in [0.05, 0.1) is 6.61 Å². The third-order valence-corrected chi connectivity index (χ3v) is 4.42. The second-order valence-electron chi connectivity index (χ2n) is 7.03. The molecule has 0 saturated carbocycles. The molecule has 0 aliphatic rings. The van der Waals surface area contributed by atoms with Crippen molar-refractivity contribution in [3.8, 4) is 0 Å². The Kier molecular flexibility index (Phi) is 20.5. The molecule has 25 heavy (non-hydrogen) atoms. The topological polar surface area (TPSA) is 38.3 Å². The third-order valence-electron chi connectivity index (χ3n) is 4.42. The summed E-state index contributed by atoms with van der Waals surface area (Å²) in [6, 6.07) is 0. The summed E-state index contributed by atoms with van der Waals surface area (Å²) in [6.07, 6.45) is 23.4. The van der Waals surface area contributed by atoms with E-state index in [-0.39, 0.29) is 5.91 Å². The highest BCUT2D eigenvalue weighted by molar-refractivity contribution is 5.72. The molecule has 0 saturated heterocycles. The summed E-state index contributed by atoms with van der Waals surface area (Å²) in [7, 11) is 0. The Hall–Kier alpha value is -0.830. The van der Waals surface area contributed by atoms with Crippen LogP contribution in [-0.2, 0) is 9.53 Å². The minimum Gasteiger partial charge on any atom is -0.380 e. The highest BCUT2D eigenvalue weighted by Gasteiger charge is 1.93. The molecule has 0 bridgehead atoms. The maximum absolute atomic E-state index is 10.7. The zero-order valence-corrected chi connectivity index (χ0v) is 17.0. The third kappa shape index (κ3) is 23.2. The lowest BCUT2D eigenvalue weighted by Gasteiger charge is -2.04. The van der Waals surface area contributed by atoms with Crippen LogP contribution < -0.4 is 5.32 Å². The molecule has 0 aromatic carbocycles. The molecule has 0 aliphatic carbocycles. The summed E-state index contributed by atoms with van der Waals surface area (Å²) in [5.41, 5.74) is 0. The predicted octanol–water partition coefficient (Wildman–Crippen LogP) is 6.18. The maximum Gasteiger partial charge on any atom is 0.216 e. The quantitative estimate of drug-likeness (QED) is 0.222. The van der Waals surface area contributed by atoms with Crippen molar-refractivity contribution in [2.75, 3.05) is 19.8 Å². The van der Waals surface area contributed by atoms with E-state index in [2.05, 4.69) is 24.4 Å². The SMILES string of the molecule is CCCCCCCC/C=C\CCCCCCCCOCCNC(C)=O. The molecule has 0 fully saturated rings. The fourth-order valence-corrected chi connectivity index (χ4v) is 2.85. The summed E-state index contributed by atoms with van der Waals surface area (Å²) in [6.45, 7) is 5.88. The molecule has 0 spiro atoms. The number of carbonyl (C=O) groups is 1. The Bertz CT molecular complexity index is 302. The van der Waals surface area contributed by atoms with Crippen LogP contribution in [0.5, 0.6) is 0 Å². The smallest absolute Gasteiger partial charge is 0.216 e. The van der Waals surface area contributed by atoms with Crippen molar-refractivity contribution >= 4 is 5.91 Å². The Morgan fingerprint density at radius 2 is 1.28 bits per heavy atom. The van der Waals surface area contributed by atoms with E-state index in [0.717, 1.165) is 13.0 Å². The number of hydrogen-bond acceptors (Lipinski definition) is 2. The summed E-state index contributed by atoms with van der Waals surface area (Å²) in [5.74, 6) is 0.0147. The second kappa shape index (κ2) is 21.2. The predicted molar refractivity (Wildman–Crippen MR) is 109 cm³/mol. The van der Waals surface area contributed by atoms with Crippen LogP contribution in [0.3, 0.4) is 0 Å². The van der Waals surface area contributed by atoms with E-state index in [4.69, 9.17) is 4.74 Å². The van der Waals surface area contributed by atoms with Crippen molar-refractivity contribution in [3.05, 3.63) is 12.2 Å². The molecule has 0 unspecified atom stereocenters. The Labute approximate surface area is 157 Å². The van der Waals surface area contributed by atoms with Gasteiger partial charge in [-0.2, -0.15) is 0 Å². The van der Waals surface area contributed by atoms with E-state index in [1.807, 2.05) is 0 Å². The molecular formula is C22H43NO2. The molecule has 0 aliphatic heterocycles. The van der Waals surface area contributed by atoms with Crippen molar-refractivity contribution in [1.29, 1.82) is 0 Å². The molecule has 0 radical (unpaired) electrons. The zero-order valence-electron chi connectivity index (χ0n) is 17.0. The number of hydrogen-bond donors (Lipinski definition) is 1. The molecule has 3 heteroatoms. The highest BCUT2D eigenvalue weighted by Crippen LogP contribution is 2.09. The number of unbranched alkanes of at least 4 members (excludes halogenated alkanes) is 12. The Morgan fingerprint density at radius 3 is 1.84 bits per heavy atom. The molecule has 0 aromatic rings. The van der Waals surface area contributed by atoms with E-state index in [1.54, 1.807) is 0 Å². The second-order valence-corrected chi connectivity index (χ2v) is 7.03. The monoisotopic (exact) mass is 353 g/mol. The fraction of sp³-hybridized carbons (Fsp3) is 0.864. The minimum atomic E-state index is 0.0147. The van der Waals surface area contributed by atoms with Crippen molar-refractivity contribution in [1.82, 2.24) is 5.32 Å². The molecule has 1 N–H and O–H groups in total.